The molecule has 15 heavy (non-hydrogen) atoms. The van der Waals surface area contributed by atoms with Gasteiger partial charge in [-0.1, -0.05) is 26.8 Å². The summed E-state index contributed by atoms with van der Waals surface area (Å²) in [6.07, 6.45) is 2.05. The van der Waals surface area contributed by atoms with Gasteiger partial charge in [0.05, 0.1) is 0 Å². The topological polar surface area (TPSA) is 27.7 Å². The first kappa shape index (κ1) is 15.2. The summed E-state index contributed by atoms with van der Waals surface area (Å²) in [6, 6.07) is 0. The zero-order valence-corrected chi connectivity index (χ0v) is 12.3. The summed E-state index contributed by atoms with van der Waals surface area (Å²) in [7, 11) is 2.33. The van der Waals surface area contributed by atoms with E-state index in [4.69, 9.17) is 13.3 Å². The Hall–Kier alpha value is 0.187. The van der Waals surface area contributed by atoms with E-state index in [1.807, 2.05) is 17.5 Å². The van der Waals surface area contributed by atoms with Gasteiger partial charge in [-0.05, 0) is 5.70 Å². The predicted octanol–water partition coefficient (Wildman–Crippen LogP) is 2.49. The molecule has 0 atom stereocenters. The monoisotopic (exact) mass is 250 g/mol. The Morgan fingerprint density at radius 1 is 1.07 bits per heavy atom. The SMILES string of the molecule is CO[Si](/C=C/CSC(C)(C)C)(OC)OC. The van der Waals surface area contributed by atoms with Gasteiger partial charge >= 0.3 is 8.80 Å². The molecule has 0 saturated heterocycles. The van der Waals surface area contributed by atoms with Crippen molar-refractivity contribution in [1.82, 2.24) is 0 Å². The molecule has 0 aromatic rings. The molecule has 0 bridgehead atoms. The van der Waals surface area contributed by atoms with Crippen molar-refractivity contribution in [3.63, 3.8) is 0 Å². The van der Waals surface area contributed by atoms with Crippen LogP contribution in [0, 0.1) is 0 Å². The van der Waals surface area contributed by atoms with Crippen molar-refractivity contribution in [2.24, 2.45) is 0 Å². The molecular formula is C10H22O3SSi. The van der Waals surface area contributed by atoms with Crippen molar-refractivity contribution in [2.75, 3.05) is 27.1 Å². The first-order chi connectivity index (χ1) is 6.89. The Balaban J connectivity index is 4.13. The van der Waals surface area contributed by atoms with Gasteiger partial charge in [-0.3, -0.25) is 0 Å². The second-order valence-corrected chi connectivity index (χ2v) is 8.65. The van der Waals surface area contributed by atoms with Crippen LogP contribution in [0.5, 0.6) is 0 Å². The summed E-state index contributed by atoms with van der Waals surface area (Å²) in [5.41, 5.74) is 1.92. The van der Waals surface area contributed by atoms with E-state index in [0.29, 0.717) is 0 Å². The Morgan fingerprint density at radius 3 is 1.87 bits per heavy atom. The van der Waals surface area contributed by atoms with Crippen molar-refractivity contribution in [2.45, 2.75) is 25.5 Å². The Labute approximate surface area is 98.5 Å². The number of thioether (sulfide) groups is 1. The van der Waals surface area contributed by atoms with Gasteiger partial charge in [-0.25, -0.2) is 0 Å². The highest BCUT2D eigenvalue weighted by Crippen LogP contribution is 2.23. The van der Waals surface area contributed by atoms with Gasteiger partial charge in [-0.15, -0.1) is 0 Å². The lowest BCUT2D eigenvalue weighted by atomic mass is 10.3. The molecule has 0 unspecified atom stereocenters. The normalized spacial score (nSPS) is 13.7. The molecule has 5 heteroatoms. The Morgan fingerprint density at radius 2 is 1.53 bits per heavy atom. The molecule has 0 aliphatic rings. The summed E-state index contributed by atoms with van der Waals surface area (Å²) in [5.74, 6) is 0.939. The van der Waals surface area contributed by atoms with Crippen molar-refractivity contribution in [3.8, 4) is 0 Å². The summed E-state index contributed by atoms with van der Waals surface area (Å²) in [5, 5.41) is 0. The van der Waals surface area contributed by atoms with Gasteiger partial charge in [0.2, 0.25) is 0 Å². The second kappa shape index (κ2) is 6.70. The number of hydrogen-bond acceptors (Lipinski definition) is 4. The van der Waals surface area contributed by atoms with Crippen LogP contribution in [-0.4, -0.2) is 40.6 Å². The summed E-state index contributed by atoms with van der Waals surface area (Å²) >= 11 is 1.87. The molecule has 0 aromatic carbocycles. The summed E-state index contributed by atoms with van der Waals surface area (Å²) in [4.78, 5) is 0. The molecule has 0 heterocycles. The molecular weight excluding hydrogens is 228 g/mol. The standard InChI is InChI=1S/C10H22O3SSi/c1-10(2,3)14-8-7-9-15(11-4,12-5)13-6/h7,9H,8H2,1-6H3/b9-7+. The van der Waals surface area contributed by atoms with Gasteiger partial charge in [0.15, 0.2) is 0 Å². The van der Waals surface area contributed by atoms with Gasteiger partial charge in [-0.2, -0.15) is 11.8 Å². The van der Waals surface area contributed by atoms with E-state index in [1.165, 1.54) is 0 Å². The molecule has 0 radical (unpaired) electrons. The maximum atomic E-state index is 5.27. The van der Waals surface area contributed by atoms with E-state index < -0.39 is 8.80 Å². The largest absolute Gasteiger partial charge is 0.528 e. The van der Waals surface area contributed by atoms with Crippen molar-refractivity contribution in [3.05, 3.63) is 11.8 Å². The van der Waals surface area contributed by atoms with Crippen molar-refractivity contribution >= 4 is 20.6 Å². The Bertz CT molecular complexity index is 189. The Kier molecular flexibility index (Phi) is 6.78. The average Bonchev–Trinajstić information content (AvgIpc) is 2.18. The molecule has 0 aliphatic heterocycles. The molecule has 0 N–H and O–H groups in total. The third kappa shape index (κ3) is 6.37. The maximum absolute atomic E-state index is 5.27. The molecule has 0 saturated carbocycles. The number of rotatable bonds is 6. The fourth-order valence-corrected chi connectivity index (χ4v) is 3.12. The van der Waals surface area contributed by atoms with E-state index >= 15 is 0 Å². The quantitative estimate of drug-likeness (QED) is 0.677. The third-order valence-electron chi connectivity index (χ3n) is 1.79. The summed E-state index contributed by atoms with van der Waals surface area (Å²) < 4.78 is 16.1. The van der Waals surface area contributed by atoms with E-state index in [0.717, 1.165) is 5.75 Å². The minimum Gasteiger partial charge on any atom is -0.374 e. The number of hydrogen-bond donors (Lipinski definition) is 0. The van der Waals surface area contributed by atoms with E-state index in [9.17, 15) is 0 Å². The van der Waals surface area contributed by atoms with Crippen LogP contribution in [0.25, 0.3) is 0 Å². The van der Waals surface area contributed by atoms with Crippen LogP contribution in [0.1, 0.15) is 20.8 Å². The fraction of sp³-hybridized carbons (Fsp3) is 0.800. The van der Waals surface area contributed by atoms with Crippen molar-refractivity contribution in [1.29, 1.82) is 0 Å². The van der Waals surface area contributed by atoms with E-state index in [-0.39, 0.29) is 4.75 Å². The van der Waals surface area contributed by atoms with Crippen LogP contribution in [0.15, 0.2) is 11.8 Å². The molecule has 0 aliphatic carbocycles. The second-order valence-electron chi connectivity index (χ2n) is 4.04. The lowest BCUT2D eigenvalue weighted by Crippen LogP contribution is -2.41. The van der Waals surface area contributed by atoms with Gasteiger partial charge < -0.3 is 13.3 Å². The van der Waals surface area contributed by atoms with E-state index in [2.05, 4.69) is 26.8 Å². The molecule has 0 amide bonds. The first-order valence-electron chi connectivity index (χ1n) is 4.86. The third-order valence-corrected chi connectivity index (χ3v) is 5.36. The zero-order chi connectivity index (χ0) is 11.9. The van der Waals surface area contributed by atoms with Crippen LogP contribution in [0.2, 0.25) is 0 Å². The van der Waals surface area contributed by atoms with Gasteiger partial charge in [0.1, 0.15) is 0 Å². The molecule has 0 fully saturated rings. The van der Waals surface area contributed by atoms with Crippen molar-refractivity contribution < 1.29 is 13.3 Å². The fourth-order valence-electron chi connectivity index (χ4n) is 0.945. The van der Waals surface area contributed by atoms with Crippen LogP contribution >= 0.6 is 11.8 Å². The van der Waals surface area contributed by atoms with Crippen LogP contribution < -0.4 is 0 Å². The molecule has 0 aromatic heterocycles. The molecule has 90 valence electrons. The van der Waals surface area contributed by atoms with E-state index in [1.54, 1.807) is 21.3 Å². The predicted molar refractivity (Wildman–Crippen MR) is 68.1 cm³/mol. The lowest BCUT2D eigenvalue weighted by Gasteiger charge is -2.21. The minimum absolute atomic E-state index is 0.280. The van der Waals surface area contributed by atoms with Gasteiger partial charge in [0, 0.05) is 31.8 Å². The minimum atomic E-state index is -2.51. The molecule has 3 nitrogen and oxygen atoms in total. The smallest absolute Gasteiger partial charge is 0.374 e. The van der Waals surface area contributed by atoms with Crippen LogP contribution in [0.3, 0.4) is 0 Å². The highest BCUT2D eigenvalue weighted by atomic mass is 32.2. The first-order valence-corrected chi connectivity index (χ1v) is 7.65. The van der Waals surface area contributed by atoms with Crippen LogP contribution in [0.4, 0.5) is 0 Å². The highest BCUT2D eigenvalue weighted by molar-refractivity contribution is 8.00. The maximum Gasteiger partial charge on any atom is 0.528 e. The lowest BCUT2D eigenvalue weighted by molar-refractivity contribution is 0.138. The zero-order valence-electron chi connectivity index (χ0n) is 10.5. The van der Waals surface area contributed by atoms with Gasteiger partial charge in [0.25, 0.3) is 0 Å². The highest BCUT2D eigenvalue weighted by Gasteiger charge is 2.34. The molecule has 0 spiro atoms. The van der Waals surface area contributed by atoms with Crippen LogP contribution in [-0.2, 0) is 13.3 Å². The molecule has 0 rings (SSSR count). The average molecular weight is 250 g/mol. The summed E-state index contributed by atoms with van der Waals surface area (Å²) in [6.45, 7) is 6.58.